The van der Waals surface area contributed by atoms with Gasteiger partial charge < -0.3 is 9.97 Å². The second-order valence-electron chi connectivity index (χ2n) is 3.05. The third-order valence-electron chi connectivity index (χ3n) is 1.99. The van der Waals surface area contributed by atoms with Crippen molar-refractivity contribution in [1.82, 2.24) is 9.97 Å². The summed E-state index contributed by atoms with van der Waals surface area (Å²) >= 11 is 3.31. The van der Waals surface area contributed by atoms with Gasteiger partial charge in [-0.25, -0.2) is 0 Å². The Morgan fingerprint density at radius 3 is 2.50 bits per heavy atom. The van der Waals surface area contributed by atoms with Crippen molar-refractivity contribution in [2.24, 2.45) is 0 Å². The predicted octanol–water partition coefficient (Wildman–Crippen LogP) is 1.29. The molecule has 1 heterocycles. The summed E-state index contributed by atoms with van der Waals surface area (Å²) in [7, 11) is 0. The van der Waals surface area contributed by atoms with Gasteiger partial charge in [-0.05, 0) is 24.6 Å². The Labute approximate surface area is 87.1 Å². The van der Waals surface area contributed by atoms with Crippen molar-refractivity contribution in [2.45, 2.75) is 6.92 Å². The normalized spacial score (nSPS) is 10.7. The van der Waals surface area contributed by atoms with E-state index in [2.05, 4.69) is 25.9 Å². The Balaban J connectivity index is 3.03. The highest BCUT2D eigenvalue weighted by Gasteiger charge is 2.02. The monoisotopic (exact) mass is 254 g/mol. The van der Waals surface area contributed by atoms with Crippen LogP contribution in [0.25, 0.3) is 11.0 Å². The average molecular weight is 255 g/mol. The van der Waals surface area contributed by atoms with Gasteiger partial charge >= 0.3 is 11.1 Å². The summed E-state index contributed by atoms with van der Waals surface area (Å²) in [5.41, 5.74) is 0.944. The largest absolute Gasteiger partial charge is 0.316 e. The highest BCUT2D eigenvalue weighted by atomic mass is 79.9. The maximum atomic E-state index is 11.1. The fourth-order valence-corrected chi connectivity index (χ4v) is 1.93. The quantitative estimate of drug-likeness (QED) is 0.696. The van der Waals surface area contributed by atoms with Crippen LogP contribution >= 0.6 is 15.9 Å². The molecule has 0 aliphatic rings. The van der Waals surface area contributed by atoms with E-state index in [4.69, 9.17) is 0 Å². The molecule has 5 heteroatoms. The molecule has 0 unspecified atom stereocenters. The molecule has 14 heavy (non-hydrogen) atoms. The maximum Gasteiger partial charge on any atom is 0.314 e. The minimum absolute atomic E-state index is 0.622. The van der Waals surface area contributed by atoms with Crippen molar-refractivity contribution < 1.29 is 0 Å². The van der Waals surface area contributed by atoms with Gasteiger partial charge in [0.25, 0.3) is 0 Å². The summed E-state index contributed by atoms with van der Waals surface area (Å²) in [5, 5.41) is 0. The molecule has 1 aromatic heterocycles. The Bertz CT molecular complexity index is 612. The molecule has 72 valence electrons. The molecule has 0 spiro atoms. The molecule has 1 aromatic carbocycles. The van der Waals surface area contributed by atoms with E-state index in [0.717, 1.165) is 10.0 Å². The van der Waals surface area contributed by atoms with E-state index in [-0.39, 0.29) is 0 Å². The summed E-state index contributed by atoms with van der Waals surface area (Å²) < 4.78 is 0.866. The molecule has 0 aliphatic heterocycles. The Kier molecular flexibility index (Phi) is 2.03. The van der Waals surface area contributed by atoms with Gasteiger partial charge in [0.15, 0.2) is 0 Å². The van der Waals surface area contributed by atoms with E-state index in [1.807, 2.05) is 13.0 Å². The summed E-state index contributed by atoms with van der Waals surface area (Å²) in [6, 6.07) is 3.62. The first-order valence-electron chi connectivity index (χ1n) is 4.00. The number of hydrogen-bond acceptors (Lipinski definition) is 2. The molecule has 0 saturated carbocycles. The lowest BCUT2D eigenvalue weighted by molar-refractivity contribution is 1.14. The Morgan fingerprint density at radius 2 is 1.79 bits per heavy atom. The molecular formula is C9H7BrN2O2. The Hall–Kier alpha value is -1.36. The van der Waals surface area contributed by atoms with Crippen molar-refractivity contribution in [3.05, 3.63) is 42.9 Å². The fourth-order valence-electron chi connectivity index (χ4n) is 1.36. The number of aromatic nitrogens is 2. The summed E-state index contributed by atoms with van der Waals surface area (Å²) in [5.74, 6) is 0. The Morgan fingerprint density at radius 1 is 1.14 bits per heavy atom. The number of aryl methyl sites for hydroxylation is 1. The number of H-pyrrole nitrogens is 2. The van der Waals surface area contributed by atoms with Gasteiger partial charge in [-0.15, -0.1) is 0 Å². The van der Waals surface area contributed by atoms with Crippen LogP contribution in [-0.4, -0.2) is 9.97 Å². The second kappa shape index (κ2) is 3.09. The molecule has 0 radical (unpaired) electrons. The smallest absolute Gasteiger partial charge is 0.314 e. The molecule has 0 amide bonds. The third kappa shape index (κ3) is 1.39. The summed E-state index contributed by atoms with van der Waals surface area (Å²) in [6.07, 6.45) is 0. The number of hydrogen-bond donors (Lipinski definition) is 2. The lowest BCUT2D eigenvalue weighted by Gasteiger charge is -2.01. The van der Waals surface area contributed by atoms with Crippen molar-refractivity contribution in [1.29, 1.82) is 0 Å². The lowest BCUT2D eigenvalue weighted by Crippen LogP contribution is -2.29. The number of aromatic amines is 2. The first kappa shape index (κ1) is 9.21. The van der Waals surface area contributed by atoms with Gasteiger partial charge in [0, 0.05) is 4.47 Å². The van der Waals surface area contributed by atoms with Crippen LogP contribution in [-0.2, 0) is 0 Å². The third-order valence-corrected chi connectivity index (χ3v) is 2.45. The number of rotatable bonds is 0. The van der Waals surface area contributed by atoms with Gasteiger partial charge in [-0.1, -0.05) is 15.9 Å². The van der Waals surface area contributed by atoms with Crippen LogP contribution in [0.2, 0.25) is 0 Å². The van der Waals surface area contributed by atoms with Crippen LogP contribution in [0, 0.1) is 6.92 Å². The molecule has 0 saturated heterocycles. The molecule has 2 aromatic rings. The van der Waals surface area contributed by atoms with Crippen LogP contribution in [0.15, 0.2) is 26.2 Å². The number of halogens is 1. The zero-order valence-corrected chi connectivity index (χ0v) is 8.94. The van der Waals surface area contributed by atoms with Gasteiger partial charge in [0.1, 0.15) is 0 Å². The molecular weight excluding hydrogens is 248 g/mol. The number of nitrogens with one attached hydrogen (secondary N) is 2. The van der Waals surface area contributed by atoms with E-state index in [1.54, 1.807) is 6.07 Å². The topological polar surface area (TPSA) is 65.7 Å². The molecule has 0 atom stereocenters. The van der Waals surface area contributed by atoms with E-state index in [9.17, 15) is 9.59 Å². The van der Waals surface area contributed by atoms with Crippen molar-refractivity contribution in [2.75, 3.05) is 0 Å². The average Bonchev–Trinajstić information content (AvgIpc) is 2.08. The van der Waals surface area contributed by atoms with Gasteiger partial charge in [0.05, 0.1) is 11.0 Å². The first-order chi connectivity index (χ1) is 6.58. The standard InChI is InChI=1S/C9H7BrN2O2/c1-4-2-5(10)3-6-7(4)12-9(14)8(13)11-6/h2-3H,1H3,(H,11,13)(H,12,14). The van der Waals surface area contributed by atoms with E-state index in [0.29, 0.717) is 11.0 Å². The fraction of sp³-hybridized carbons (Fsp3) is 0.111. The minimum Gasteiger partial charge on any atom is -0.316 e. The molecule has 0 bridgehead atoms. The van der Waals surface area contributed by atoms with Crippen LogP contribution in [0.5, 0.6) is 0 Å². The molecule has 2 N–H and O–H groups in total. The van der Waals surface area contributed by atoms with Crippen molar-refractivity contribution in [3.8, 4) is 0 Å². The van der Waals surface area contributed by atoms with Gasteiger partial charge in [-0.3, -0.25) is 9.59 Å². The lowest BCUT2D eigenvalue weighted by atomic mass is 10.2. The summed E-state index contributed by atoms with van der Waals surface area (Å²) in [6.45, 7) is 1.86. The van der Waals surface area contributed by atoms with Crippen LogP contribution in [0.1, 0.15) is 5.56 Å². The van der Waals surface area contributed by atoms with Gasteiger partial charge in [0.2, 0.25) is 0 Å². The SMILES string of the molecule is Cc1cc(Br)cc2[nH]c(=O)c(=O)[nH]c12. The van der Waals surface area contributed by atoms with Crippen LogP contribution < -0.4 is 11.1 Å². The zero-order chi connectivity index (χ0) is 10.3. The molecule has 2 rings (SSSR count). The number of fused-ring (bicyclic) bond motifs is 1. The minimum atomic E-state index is -0.630. The first-order valence-corrected chi connectivity index (χ1v) is 4.79. The number of benzene rings is 1. The second-order valence-corrected chi connectivity index (χ2v) is 3.97. The molecule has 4 nitrogen and oxygen atoms in total. The van der Waals surface area contributed by atoms with Gasteiger partial charge in [-0.2, -0.15) is 0 Å². The highest BCUT2D eigenvalue weighted by molar-refractivity contribution is 9.10. The van der Waals surface area contributed by atoms with Crippen LogP contribution in [0.3, 0.4) is 0 Å². The van der Waals surface area contributed by atoms with Crippen molar-refractivity contribution in [3.63, 3.8) is 0 Å². The van der Waals surface area contributed by atoms with E-state index < -0.39 is 11.1 Å². The maximum absolute atomic E-state index is 11.1. The van der Waals surface area contributed by atoms with E-state index in [1.165, 1.54) is 0 Å². The molecule has 0 fully saturated rings. The summed E-state index contributed by atoms with van der Waals surface area (Å²) in [4.78, 5) is 27.1. The molecule has 0 aliphatic carbocycles. The van der Waals surface area contributed by atoms with E-state index >= 15 is 0 Å². The zero-order valence-electron chi connectivity index (χ0n) is 7.35. The highest BCUT2D eigenvalue weighted by Crippen LogP contribution is 2.18. The van der Waals surface area contributed by atoms with Crippen molar-refractivity contribution >= 4 is 27.0 Å². The predicted molar refractivity (Wildman–Crippen MR) is 57.6 cm³/mol. The van der Waals surface area contributed by atoms with Crippen LogP contribution in [0.4, 0.5) is 0 Å².